The molecule has 0 aliphatic heterocycles. The smallest absolute Gasteiger partial charge is 0.416 e. The van der Waals surface area contributed by atoms with Gasteiger partial charge in [-0.25, -0.2) is 0 Å². The van der Waals surface area contributed by atoms with Gasteiger partial charge in [-0.05, 0) is 61.4 Å². The van der Waals surface area contributed by atoms with Crippen molar-refractivity contribution in [3.8, 4) is 11.5 Å². The number of carbonyl (C=O) groups excluding carboxylic acids is 1. The molecule has 1 unspecified atom stereocenters. The molecule has 0 saturated carbocycles. The van der Waals surface area contributed by atoms with Crippen LogP contribution in [0.25, 0.3) is 0 Å². The van der Waals surface area contributed by atoms with Gasteiger partial charge < -0.3 is 13.8 Å². The van der Waals surface area contributed by atoms with Crippen LogP contribution in [0.5, 0.6) is 11.5 Å². The van der Waals surface area contributed by atoms with Gasteiger partial charge in [0.1, 0.15) is 16.4 Å². The molecule has 0 N–H and O–H groups in total. The van der Waals surface area contributed by atoms with E-state index in [1.165, 1.54) is 12.1 Å². The molecule has 0 aliphatic carbocycles. The zero-order chi connectivity index (χ0) is 26.3. The standard InChI is InChI=1S/C26H26F3NO5S/c1-3-19(2)30(25(31)18-34-22-11-5-4-6-12-22)17-20-9-7-13-23(15-20)35-36(32,33)24-14-8-10-21(16-24)26(27,28)29/h4-16,19H,3,17-18H2,1-2H3. The van der Waals surface area contributed by atoms with E-state index in [1.807, 2.05) is 19.9 Å². The van der Waals surface area contributed by atoms with Gasteiger partial charge in [0.15, 0.2) is 6.61 Å². The molecule has 1 amide bonds. The summed E-state index contributed by atoms with van der Waals surface area (Å²) in [5.41, 5.74) is -0.513. The third-order valence-electron chi connectivity index (χ3n) is 5.46. The topological polar surface area (TPSA) is 72.9 Å². The predicted molar refractivity (Wildman–Crippen MR) is 128 cm³/mol. The van der Waals surface area contributed by atoms with Crippen LogP contribution in [-0.2, 0) is 27.6 Å². The minimum absolute atomic E-state index is 0.0815. The Kier molecular flexibility index (Phi) is 8.62. The summed E-state index contributed by atoms with van der Waals surface area (Å²) in [7, 11) is -4.52. The fraction of sp³-hybridized carbons (Fsp3) is 0.269. The number of hydrogen-bond acceptors (Lipinski definition) is 5. The first-order valence-corrected chi connectivity index (χ1v) is 12.6. The van der Waals surface area contributed by atoms with Crippen molar-refractivity contribution in [2.24, 2.45) is 0 Å². The fourth-order valence-electron chi connectivity index (χ4n) is 3.35. The highest BCUT2D eigenvalue weighted by atomic mass is 32.2. The zero-order valence-electron chi connectivity index (χ0n) is 19.7. The van der Waals surface area contributed by atoms with Crippen molar-refractivity contribution >= 4 is 16.0 Å². The third-order valence-corrected chi connectivity index (χ3v) is 6.70. The molecule has 0 aromatic heterocycles. The van der Waals surface area contributed by atoms with Crippen LogP contribution >= 0.6 is 0 Å². The molecule has 0 heterocycles. The van der Waals surface area contributed by atoms with Crippen LogP contribution in [0.2, 0.25) is 0 Å². The van der Waals surface area contributed by atoms with Crippen LogP contribution in [0, 0.1) is 0 Å². The van der Waals surface area contributed by atoms with Crippen LogP contribution < -0.4 is 8.92 Å². The lowest BCUT2D eigenvalue weighted by Crippen LogP contribution is -2.40. The molecular formula is C26H26F3NO5S. The molecule has 0 radical (unpaired) electrons. The number of amides is 1. The van der Waals surface area contributed by atoms with Crippen LogP contribution in [0.4, 0.5) is 13.2 Å². The molecule has 0 aliphatic rings. The first-order chi connectivity index (χ1) is 17.0. The number of halogens is 3. The Bertz CT molecular complexity index is 1280. The van der Waals surface area contributed by atoms with Crippen LogP contribution in [0.15, 0.2) is 83.8 Å². The second-order valence-electron chi connectivity index (χ2n) is 8.09. The van der Waals surface area contributed by atoms with Crippen molar-refractivity contribution in [2.45, 2.75) is 43.9 Å². The summed E-state index contributed by atoms with van der Waals surface area (Å²) in [6.45, 7) is 3.81. The Morgan fingerprint density at radius 2 is 1.61 bits per heavy atom. The van der Waals surface area contributed by atoms with Gasteiger partial charge in [-0.3, -0.25) is 4.79 Å². The second-order valence-corrected chi connectivity index (χ2v) is 9.64. The number of para-hydroxylation sites is 1. The Morgan fingerprint density at radius 3 is 2.28 bits per heavy atom. The molecule has 36 heavy (non-hydrogen) atoms. The second kappa shape index (κ2) is 11.5. The highest BCUT2D eigenvalue weighted by Crippen LogP contribution is 2.31. The summed E-state index contributed by atoms with van der Waals surface area (Å²) in [5, 5.41) is 0. The predicted octanol–water partition coefficient (Wildman–Crippen LogP) is 5.68. The molecule has 3 aromatic rings. The van der Waals surface area contributed by atoms with Crippen molar-refractivity contribution in [1.29, 1.82) is 0 Å². The van der Waals surface area contributed by atoms with Gasteiger partial charge in [0.2, 0.25) is 0 Å². The van der Waals surface area contributed by atoms with Crippen molar-refractivity contribution < 1.29 is 35.3 Å². The molecule has 0 bridgehead atoms. The molecule has 0 saturated heterocycles. The molecule has 1 atom stereocenters. The normalized spacial score (nSPS) is 12.6. The summed E-state index contributed by atoms with van der Waals surface area (Å²) < 4.78 is 74.9. The minimum atomic E-state index is -4.69. The van der Waals surface area contributed by atoms with E-state index in [-0.39, 0.29) is 30.9 Å². The van der Waals surface area contributed by atoms with E-state index in [1.54, 1.807) is 41.3 Å². The molecule has 10 heteroatoms. The maximum atomic E-state index is 13.0. The third kappa shape index (κ3) is 7.24. The van der Waals surface area contributed by atoms with Gasteiger partial charge >= 0.3 is 16.3 Å². The van der Waals surface area contributed by atoms with E-state index in [2.05, 4.69) is 0 Å². The summed E-state index contributed by atoms with van der Waals surface area (Å²) in [5.74, 6) is 0.225. The summed E-state index contributed by atoms with van der Waals surface area (Å²) in [4.78, 5) is 13.9. The first kappa shape index (κ1) is 27.1. The van der Waals surface area contributed by atoms with E-state index >= 15 is 0 Å². The highest BCUT2D eigenvalue weighted by molar-refractivity contribution is 7.87. The fourth-order valence-corrected chi connectivity index (χ4v) is 4.32. The number of benzene rings is 3. The quantitative estimate of drug-likeness (QED) is 0.321. The lowest BCUT2D eigenvalue weighted by atomic mass is 10.1. The monoisotopic (exact) mass is 521 g/mol. The maximum Gasteiger partial charge on any atom is 0.416 e. The number of nitrogens with zero attached hydrogens (tertiary/aromatic N) is 1. The Balaban J connectivity index is 1.75. The Hall–Kier alpha value is -3.53. The minimum Gasteiger partial charge on any atom is -0.484 e. The van der Waals surface area contributed by atoms with Crippen molar-refractivity contribution in [3.63, 3.8) is 0 Å². The average Bonchev–Trinajstić information content (AvgIpc) is 2.85. The molecule has 6 nitrogen and oxygen atoms in total. The van der Waals surface area contributed by atoms with E-state index in [0.29, 0.717) is 23.8 Å². The van der Waals surface area contributed by atoms with E-state index in [9.17, 15) is 26.4 Å². The lowest BCUT2D eigenvalue weighted by molar-refractivity contribution is -0.138. The van der Waals surface area contributed by atoms with Crippen LogP contribution in [-0.4, -0.2) is 31.9 Å². The summed E-state index contributed by atoms with van der Waals surface area (Å²) in [6, 6.07) is 18.2. The van der Waals surface area contributed by atoms with Gasteiger partial charge in [0, 0.05) is 12.6 Å². The van der Waals surface area contributed by atoms with E-state index in [4.69, 9.17) is 8.92 Å². The van der Waals surface area contributed by atoms with Gasteiger partial charge in [-0.2, -0.15) is 21.6 Å². The van der Waals surface area contributed by atoms with Gasteiger partial charge in [-0.1, -0.05) is 43.3 Å². The van der Waals surface area contributed by atoms with Crippen LogP contribution in [0.1, 0.15) is 31.4 Å². The van der Waals surface area contributed by atoms with Crippen LogP contribution in [0.3, 0.4) is 0 Å². The van der Waals surface area contributed by atoms with Crippen molar-refractivity contribution in [2.75, 3.05) is 6.61 Å². The number of ether oxygens (including phenoxy) is 1. The lowest BCUT2D eigenvalue weighted by Gasteiger charge is -2.29. The summed E-state index contributed by atoms with van der Waals surface area (Å²) >= 11 is 0. The van der Waals surface area contributed by atoms with E-state index in [0.717, 1.165) is 18.2 Å². The molecule has 0 spiro atoms. The average molecular weight is 522 g/mol. The molecular weight excluding hydrogens is 495 g/mol. The zero-order valence-corrected chi connectivity index (χ0v) is 20.6. The van der Waals surface area contributed by atoms with Crippen molar-refractivity contribution in [1.82, 2.24) is 4.90 Å². The first-order valence-electron chi connectivity index (χ1n) is 11.2. The number of hydrogen-bond donors (Lipinski definition) is 0. The number of carbonyl (C=O) groups is 1. The molecule has 3 aromatic carbocycles. The summed E-state index contributed by atoms with van der Waals surface area (Å²) in [6.07, 6.45) is -4.02. The molecule has 0 fully saturated rings. The van der Waals surface area contributed by atoms with Crippen molar-refractivity contribution in [3.05, 3.63) is 90.0 Å². The highest BCUT2D eigenvalue weighted by Gasteiger charge is 2.32. The Morgan fingerprint density at radius 1 is 0.944 bits per heavy atom. The number of alkyl halides is 3. The maximum absolute atomic E-state index is 13.0. The number of rotatable bonds is 10. The molecule has 3 rings (SSSR count). The van der Waals surface area contributed by atoms with Gasteiger partial charge in [0.25, 0.3) is 5.91 Å². The Labute approximate surface area is 208 Å². The SMILES string of the molecule is CCC(C)N(Cc1cccc(OS(=O)(=O)c2cccc(C(F)(F)F)c2)c1)C(=O)COc1ccccc1. The van der Waals surface area contributed by atoms with Gasteiger partial charge in [0.05, 0.1) is 5.56 Å². The van der Waals surface area contributed by atoms with Gasteiger partial charge in [-0.15, -0.1) is 0 Å². The largest absolute Gasteiger partial charge is 0.484 e. The molecule has 192 valence electrons. The van der Waals surface area contributed by atoms with E-state index < -0.39 is 26.8 Å².